The van der Waals surface area contributed by atoms with Crippen molar-refractivity contribution in [3.63, 3.8) is 0 Å². The average molecular weight is 307 g/mol. The normalized spacial score (nSPS) is 11.4. The van der Waals surface area contributed by atoms with Gasteiger partial charge in [0.05, 0.1) is 26.2 Å². The van der Waals surface area contributed by atoms with E-state index in [2.05, 4.69) is 4.74 Å². The Kier molecular flexibility index (Phi) is 7.08. The van der Waals surface area contributed by atoms with Crippen molar-refractivity contribution in [1.29, 1.82) is 0 Å². The molecule has 6 nitrogen and oxygen atoms in total. The van der Waals surface area contributed by atoms with Crippen molar-refractivity contribution in [2.24, 2.45) is 0 Å². The van der Waals surface area contributed by atoms with E-state index in [4.69, 9.17) is 4.74 Å². The van der Waals surface area contributed by atoms with Gasteiger partial charge in [0, 0.05) is 7.05 Å². The van der Waals surface area contributed by atoms with Crippen LogP contribution in [-0.2, 0) is 23.9 Å². The summed E-state index contributed by atoms with van der Waals surface area (Å²) in [5, 5.41) is 0. The lowest BCUT2D eigenvalue weighted by molar-refractivity contribution is -0.149. The standard InChI is InChI=1S/C16H21NO5/c1-4-22-16(20)11-14(18)17(2)13(10-15(19)21-3)12-8-6-5-7-9-12/h5-9,13H,4,10-11H2,1-3H3. The number of carbonyl (C=O) groups is 3. The van der Waals surface area contributed by atoms with Gasteiger partial charge in [-0.1, -0.05) is 30.3 Å². The predicted octanol–water partition coefficient (Wildman–Crippen LogP) is 1.70. The summed E-state index contributed by atoms with van der Waals surface area (Å²) in [7, 11) is 2.85. The minimum atomic E-state index is -0.579. The van der Waals surface area contributed by atoms with Gasteiger partial charge in [0.2, 0.25) is 5.91 Å². The van der Waals surface area contributed by atoms with Crippen molar-refractivity contribution in [3.8, 4) is 0 Å². The maximum atomic E-state index is 12.2. The molecule has 0 aliphatic carbocycles. The molecule has 0 saturated heterocycles. The van der Waals surface area contributed by atoms with Gasteiger partial charge in [0.25, 0.3) is 0 Å². The summed E-state index contributed by atoms with van der Waals surface area (Å²) in [6.07, 6.45) is -0.333. The van der Waals surface area contributed by atoms with Crippen LogP contribution in [0.25, 0.3) is 0 Å². The Bertz CT molecular complexity index is 515. The number of benzene rings is 1. The SMILES string of the molecule is CCOC(=O)CC(=O)N(C)C(CC(=O)OC)c1ccccc1. The topological polar surface area (TPSA) is 72.9 Å². The summed E-state index contributed by atoms with van der Waals surface area (Å²) >= 11 is 0. The lowest BCUT2D eigenvalue weighted by Crippen LogP contribution is -2.34. The molecule has 0 aromatic heterocycles. The van der Waals surface area contributed by atoms with Crippen LogP contribution in [0.3, 0.4) is 0 Å². The Labute approximate surface area is 130 Å². The van der Waals surface area contributed by atoms with Crippen molar-refractivity contribution in [3.05, 3.63) is 35.9 Å². The van der Waals surface area contributed by atoms with E-state index in [-0.39, 0.29) is 19.4 Å². The third kappa shape index (κ3) is 5.20. The molecular formula is C16H21NO5. The van der Waals surface area contributed by atoms with Crippen molar-refractivity contribution < 1.29 is 23.9 Å². The van der Waals surface area contributed by atoms with Crippen LogP contribution in [-0.4, -0.2) is 43.5 Å². The van der Waals surface area contributed by atoms with Crippen LogP contribution in [0.15, 0.2) is 30.3 Å². The van der Waals surface area contributed by atoms with Gasteiger partial charge >= 0.3 is 11.9 Å². The number of rotatable bonds is 7. The van der Waals surface area contributed by atoms with Crippen molar-refractivity contribution in [2.75, 3.05) is 20.8 Å². The number of esters is 2. The number of carbonyl (C=O) groups excluding carboxylic acids is 3. The number of amides is 1. The molecule has 22 heavy (non-hydrogen) atoms. The first-order chi connectivity index (χ1) is 10.5. The Morgan fingerprint density at radius 1 is 1.14 bits per heavy atom. The van der Waals surface area contributed by atoms with E-state index >= 15 is 0 Å². The Balaban J connectivity index is 2.88. The third-order valence-corrected chi connectivity index (χ3v) is 3.23. The van der Waals surface area contributed by atoms with E-state index in [0.717, 1.165) is 5.56 Å². The van der Waals surface area contributed by atoms with E-state index < -0.39 is 23.9 Å². The highest BCUT2D eigenvalue weighted by atomic mass is 16.5. The molecular weight excluding hydrogens is 286 g/mol. The Morgan fingerprint density at radius 2 is 1.77 bits per heavy atom. The van der Waals surface area contributed by atoms with Gasteiger partial charge in [-0.05, 0) is 12.5 Å². The summed E-state index contributed by atoms with van der Waals surface area (Å²) < 4.78 is 9.46. The molecule has 0 heterocycles. The van der Waals surface area contributed by atoms with E-state index in [1.54, 1.807) is 14.0 Å². The quantitative estimate of drug-likeness (QED) is 0.566. The highest BCUT2D eigenvalue weighted by molar-refractivity contribution is 5.94. The second kappa shape index (κ2) is 8.81. The molecule has 1 amide bonds. The first kappa shape index (κ1) is 17.7. The van der Waals surface area contributed by atoms with E-state index in [9.17, 15) is 14.4 Å². The molecule has 0 bridgehead atoms. The lowest BCUT2D eigenvalue weighted by atomic mass is 10.0. The van der Waals surface area contributed by atoms with Crippen molar-refractivity contribution in [2.45, 2.75) is 25.8 Å². The second-order valence-corrected chi connectivity index (χ2v) is 4.69. The zero-order chi connectivity index (χ0) is 16.5. The number of hydrogen-bond acceptors (Lipinski definition) is 5. The molecule has 0 fully saturated rings. The summed E-state index contributed by atoms with van der Waals surface area (Å²) in [4.78, 5) is 36.6. The fourth-order valence-corrected chi connectivity index (χ4v) is 2.03. The largest absolute Gasteiger partial charge is 0.469 e. The molecule has 1 aromatic rings. The highest BCUT2D eigenvalue weighted by Crippen LogP contribution is 2.24. The van der Waals surface area contributed by atoms with Crippen molar-refractivity contribution in [1.82, 2.24) is 4.90 Å². The molecule has 0 N–H and O–H groups in total. The molecule has 120 valence electrons. The summed E-state index contributed by atoms with van der Waals surface area (Å²) in [6.45, 7) is 1.90. The van der Waals surface area contributed by atoms with E-state index in [1.807, 2.05) is 30.3 Å². The van der Waals surface area contributed by atoms with Crippen LogP contribution in [0, 0.1) is 0 Å². The monoisotopic (exact) mass is 307 g/mol. The van der Waals surface area contributed by atoms with Crippen LogP contribution in [0.5, 0.6) is 0 Å². The molecule has 1 atom stereocenters. The first-order valence-electron chi connectivity index (χ1n) is 7.02. The second-order valence-electron chi connectivity index (χ2n) is 4.69. The molecule has 0 saturated carbocycles. The minimum Gasteiger partial charge on any atom is -0.469 e. The number of ether oxygens (including phenoxy) is 2. The molecule has 0 spiro atoms. The summed E-state index contributed by atoms with van der Waals surface area (Å²) in [5.74, 6) is -1.41. The molecule has 1 unspecified atom stereocenters. The van der Waals surface area contributed by atoms with Crippen LogP contribution in [0.2, 0.25) is 0 Å². The Hall–Kier alpha value is -2.37. The fourth-order valence-electron chi connectivity index (χ4n) is 2.03. The first-order valence-corrected chi connectivity index (χ1v) is 7.02. The van der Waals surface area contributed by atoms with E-state index in [0.29, 0.717) is 0 Å². The highest BCUT2D eigenvalue weighted by Gasteiger charge is 2.26. The molecule has 1 aromatic carbocycles. The molecule has 1 rings (SSSR count). The smallest absolute Gasteiger partial charge is 0.315 e. The summed E-state index contributed by atoms with van der Waals surface area (Å²) in [6, 6.07) is 8.64. The van der Waals surface area contributed by atoms with Gasteiger partial charge in [-0.25, -0.2) is 0 Å². The predicted molar refractivity (Wildman–Crippen MR) is 79.8 cm³/mol. The van der Waals surface area contributed by atoms with Crippen molar-refractivity contribution >= 4 is 17.8 Å². The number of methoxy groups -OCH3 is 1. The average Bonchev–Trinajstić information content (AvgIpc) is 2.52. The maximum Gasteiger partial charge on any atom is 0.315 e. The van der Waals surface area contributed by atoms with Gasteiger partial charge < -0.3 is 14.4 Å². The molecule has 0 aliphatic heterocycles. The van der Waals surface area contributed by atoms with Gasteiger partial charge in [0.1, 0.15) is 6.42 Å². The maximum absolute atomic E-state index is 12.2. The zero-order valence-corrected chi connectivity index (χ0v) is 13.1. The van der Waals surface area contributed by atoms with E-state index in [1.165, 1.54) is 12.0 Å². The zero-order valence-electron chi connectivity index (χ0n) is 13.1. The van der Waals surface area contributed by atoms with Crippen LogP contribution < -0.4 is 0 Å². The van der Waals surface area contributed by atoms with Crippen LogP contribution in [0.1, 0.15) is 31.4 Å². The molecule has 0 aliphatic rings. The number of nitrogens with zero attached hydrogens (tertiary/aromatic N) is 1. The molecule has 6 heteroatoms. The minimum absolute atomic E-state index is 0.0194. The van der Waals surface area contributed by atoms with Gasteiger partial charge in [0.15, 0.2) is 0 Å². The third-order valence-electron chi connectivity index (χ3n) is 3.23. The fraction of sp³-hybridized carbons (Fsp3) is 0.438. The van der Waals surface area contributed by atoms with Crippen LogP contribution in [0.4, 0.5) is 0 Å². The van der Waals surface area contributed by atoms with Gasteiger partial charge in [-0.3, -0.25) is 14.4 Å². The number of hydrogen-bond donors (Lipinski definition) is 0. The molecule has 0 radical (unpaired) electrons. The van der Waals surface area contributed by atoms with Gasteiger partial charge in [-0.2, -0.15) is 0 Å². The summed E-state index contributed by atoms with van der Waals surface area (Å²) in [5.41, 5.74) is 0.799. The lowest BCUT2D eigenvalue weighted by Gasteiger charge is -2.27. The van der Waals surface area contributed by atoms with Crippen LogP contribution >= 0.6 is 0 Å². The Morgan fingerprint density at radius 3 is 2.32 bits per heavy atom. The van der Waals surface area contributed by atoms with Gasteiger partial charge in [-0.15, -0.1) is 0 Å².